The van der Waals surface area contributed by atoms with E-state index in [9.17, 15) is 9.59 Å². The molecule has 7 heteroatoms. The summed E-state index contributed by atoms with van der Waals surface area (Å²) in [6.45, 7) is 2.12. The Labute approximate surface area is 156 Å². The number of amides is 1. The molecule has 0 radical (unpaired) electrons. The molecule has 3 rings (SSSR count). The number of carbonyl (C=O) groups excluding carboxylic acids is 1. The van der Waals surface area contributed by atoms with Crippen LogP contribution in [-0.4, -0.2) is 24.7 Å². The number of oxazole rings is 1. The standard InChI is InChI=1S/C20H22N2O5/c1-13(15-9-8-14(25-2)12-18(15)26-3)21-19(23)10-11-22-16-6-4-5-7-17(16)27-20(22)24/h4-9,12-13H,10-11H2,1-3H3,(H,21,23). The van der Waals surface area contributed by atoms with Crippen molar-refractivity contribution in [3.8, 4) is 11.5 Å². The van der Waals surface area contributed by atoms with E-state index in [1.807, 2.05) is 25.1 Å². The van der Waals surface area contributed by atoms with Crippen LogP contribution in [0.25, 0.3) is 11.1 Å². The minimum absolute atomic E-state index is 0.159. The van der Waals surface area contributed by atoms with Gasteiger partial charge >= 0.3 is 5.76 Å². The largest absolute Gasteiger partial charge is 0.497 e. The van der Waals surface area contributed by atoms with Crippen molar-refractivity contribution in [2.75, 3.05) is 14.2 Å². The van der Waals surface area contributed by atoms with Crippen molar-refractivity contribution in [2.45, 2.75) is 25.9 Å². The summed E-state index contributed by atoms with van der Waals surface area (Å²) in [7, 11) is 3.16. The van der Waals surface area contributed by atoms with Crippen LogP contribution in [0.1, 0.15) is 24.9 Å². The van der Waals surface area contributed by atoms with Crippen LogP contribution in [0.5, 0.6) is 11.5 Å². The minimum Gasteiger partial charge on any atom is -0.497 e. The Hall–Kier alpha value is -3.22. The van der Waals surface area contributed by atoms with E-state index in [1.54, 1.807) is 38.5 Å². The normalized spacial score (nSPS) is 12.0. The van der Waals surface area contributed by atoms with E-state index in [0.717, 1.165) is 5.56 Å². The highest BCUT2D eigenvalue weighted by atomic mass is 16.5. The van der Waals surface area contributed by atoms with Gasteiger partial charge in [0.2, 0.25) is 5.91 Å². The molecule has 1 unspecified atom stereocenters. The zero-order valence-electron chi connectivity index (χ0n) is 15.5. The van der Waals surface area contributed by atoms with E-state index in [4.69, 9.17) is 13.9 Å². The Kier molecular flexibility index (Phi) is 5.49. The molecule has 1 heterocycles. The van der Waals surface area contributed by atoms with Crippen molar-refractivity contribution < 1.29 is 18.7 Å². The minimum atomic E-state index is -0.464. The molecule has 0 saturated heterocycles. The zero-order chi connectivity index (χ0) is 19.4. The van der Waals surface area contributed by atoms with Crippen molar-refractivity contribution in [2.24, 2.45) is 0 Å². The van der Waals surface area contributed by atoms with Crippen molar-refractivity contribution in [3.05, 3.63) is 58.6 Å². The molecule has 0 aliphatic carbocycles. The third-order valence-corrected chi connectivity index (χ3v) is 4.42. The lowest BCUT2D eigenvalue weighted by Gasteiger charge is -2.18. The van der Waals surface area contributed by atoms with Crippen LogP contribution in [0.4, 0.5) is 0 Å². The van der Waals surface area contributed by atoms with E-state index >= 15 is 0 Å². The lowest BCUT2D eigenvalue weighted by molar-refractivity contribution is -0.121. The summed E-state index contributed by atoms with van der Waals surface area (Å²) in [5, 5.41) is 2.93. The molecule has 0 spiro atoms. The number of benzene rings is 2. The number of nitrogens with zero attached hydrogens (tertiary/aromatic N) is 1. The average molecular weight is 370 g/mol. The monoisotopic (exact) mass is 370 g/mol. The topological polar surface area (TPSA) is 82.7 Å². The Morgan fingerprint density at radius 2 is 1.96 bits per heavy atom. The molecule has 1 amide bonds. The van der Waals surface area contributed by atoms with Gasteiger partial charge in [-0.25, -0.2) is 4.79 Å². The first kappa shape index (κ1) is 18.6. The molecule has 27 heavy (non-hydrogen) atoms. The predicted octanol–water partition coefficient (Wildman–Crippen LogP) is 2.88. The molecule has 0 saturated carbocycles. The van der Waals surface area contributed by atoms with Gasteiger partial charge in [-0.1, -0.05) is 12.1 Å². The molecular formula is C20H22N2O5. The first-order valence-electron chi connectivity index (χ1n) is 8.63. The molecule has 1 atom stereocenters. The molecule has 3 aromatic rings. The first-order chi connectivity index (χ1) is 13.0. The van der Waals surface area contributed by atoms with Gasteiger partial charge in [0.1, 0.15) is 11.5 Å². The molecule has 1 aromatic heterocycles. The second-order valence-corrected chi connectivity index (χ2v) is 6.13. The van der Waals surface area contributed by atoms with Crippen LogP contribution in [0, 0.1) is 0 Å². The van der Waals surface area contributed by atoms with E-state index in [0.29, 0.717) is 22.6 Å². The van der Waals surface area contributed by atoms with Gasteiger partial charge in [-0.05, 0) is 31.2 Å². The quantitative estimate of drug-likeness (QED) is 0.691. The van der Waals surface area contributed by atoms with E-state index < -0.39 is 5.76 Å². The maximum Gasteiger partial charge on any atom is 0.419 e. The average Bonchev–Trinajstić information content (AvgIpc) is 3.00. The fourth-order valence-corrected chi connectivity index (χ4v) is 3.01. The number of fused-ring (bicyclic) bond motifs is 1. The van der Waals surface area contributed by atoms with Gasteiger partial charge in [0, 0.05) is 24.6 Å². The molecule has 0 aliphatic rings. The van der Waals surface area contributed by atoms with Crippen LogP contribution in [0.2, 0.25) is 0 Å². The van der Waals surface area contributed by atoms with Gasteiger partial charge in [0.25, 0.3) is 0 Å². The Morgan fingerprint density at radius 1 is 1.19 bits per heavy atom. The molecule has 0 aliphatic heterocycles. The zero-order valence-corrected chi connectivity index (χ0v) is 15.5. The summed E-state index contributed by atoms with van der Waals surface area (Å²) in [4.78, 5) is 24.3. The lowest BCUT2D eigenvalue weighted by Crippen LogP contribution is -2.28. The van der Waals surface area contributed by atoms with Gasteiger partial charge in [-0.2, -0.15) is 0 Å². The number of hydrogen-bond acceptors (Lipinski definition) is 5. The van der Waals surface area contributed by atoms with Crippen LogP contribution in [0.15, 0.2) is 51.7 Å². The van der Waals surface area contributed by atoms with Crippen LogP contribution >= 0.6 is 0 Å². The molecule has 0 fully saturated rings. The van der Waals surface area contributed by atoms with Crippen LogP contribution < -0.4 is 20.5 Å². The van der Waals surface area contributed by atoms with Crippen LogP contribution in [-0.2, 0) is 11.3 Å². The number of aryl methyl sites for hydroxylation is 1. The SMILES string of the molecule is COc1ccc(C(C)NC(=O)CCn2c(=O)oc3ccccc32)c(OC)c1. The number of rotatable bonds is 7. The maximum atomic E-state index is 12.4. The summed E-state index contributed by atoms with van der Waals surface area (Å²) >= 11 is 0. The van der Waals surface area contributed by atoms with E-state index in [1.165, 1.54) is 4.57 Å². The number of nitrogens with one attached hydrogen (secondary N) is 1. The summed E-state index contributed by atoms with van der Waals surface area (Å²) in [6, 6.07) is 12.3. The highest BCUT2D eigenvalue weighted by Gasteiger charge is 2.16. The number of hydrogen-bond donors (Lipinski definition) is 1. The fraction of sp³-hybridized carbons (Fsp3) is 0.300. The van der Waals surface area contributed by atoms with E-state index in [2.05, 4.69) is 5.32 Å². The Balaban J connectivity index is 1.67. The number of methoxy groups -OCH3 is 2. The lowest BCUT2D eigenvalue weighted by atomic mass is 10.1. The first-order valence-corrected chi connectivity index (χ1v) is 8.63. The smallest absolute Gasteiger partial charge is 0.419 e. The van der Waals surface area contributed by atoms with Crippen LogP contribution in [0.3, 0.4) is 0 Å². The second kappa shape index (κ2) is 7.99. The molecule has 142 valence electrons. The van der Waals surface area contributed by atoms with Gasteiger partial charge in [0.15, 0.2) is 5.58 Å². The molecular weight excluding hydrogens is 348 g/mol. The van der Waals surface area contributed by atoms with Crippen molar-refractivity contribution in [3.63, 3.8) is 0 Å². The van der Waals surface area contributed by atoms with Gasteiger partial charge < -0.3 is 19.2 Å². The highest BCUT2D eigenvalue weighted by molar-refractivity contribution is 5.77. The van der Waals surface area contributed by atoms with Gasteiger partial charge in [-0.3, -0.25) is 9.36 Å². The molecule has 0 bridgehead atoms. The van der Waals surface area contributed by atoms with Gasteiger partial charge in [0.05, 0.1) is 25.8 Å². The number of para-hydroxylation sites is 2. The highest BCUT2D eigenvalue weighted by Crippen LogP contribution is 2.29. The Bertz CT molecular complexity index is 1010. The van der Waals surface area contributed by atoms with Crippen molar-refractivity contribution in [1.29, 1.82) is 0 Å². The van der Waals surface area contributed by atoms with Crippen molar-refractivity contribution in [1.82, 2.24) is 9.88 Å². The summed E-state index contributed by atoms with van der Waals surface area (Å²) in [6.07, 6.45) is 0.159. The maximum absolute atomic E-state index is 12.4. The molecule has 1 N–H and O–H groups in total. The number of ether oxygens (including phenoxy) is 2. The predicted molar refractivity (Wildman–Crippen MR) is 101 cm³/mol. The summed E-state index contributed by atoms with van der Waals surface area (Å²) in [5.74, 6) is 0.686. The third-order valence-electron chi connectivity index (χ3n) is 4.42. The number of aromatic nitrogens is 1. The molecule has 2 aromatic carbocycles. The molecule has 7 nitrogen and oxygen atoms in total. The van der Waals surface area contributed by atoms with Crippen molar-refractivity contribution >= 4 is 17.0 Å². The third kappa shape index (κ3) is 3.97. The summed E-state index contributed by atoms with van der Waals surface area (Å²) < 4.78 is 17.2. The van der Waals surface area contributed by atoms with E-state index in [-0.39, 0.29) is 24.9 Å². The summed E-state index contributed by atoms with van der Waals surface area (Å²) in [5.41, 5.74) is 2.04. The number of carbonyl (C=O) groups is 1. The van der Waals surface area contributed by atoms with Gasteiger partial charge in [-0.15, -0.1) is 0 Å². The second-order valence-electron chi connectivity index (χ2n) is 6.13. The fourth-order valence-electron chi connectivity index (χ4n) is 3.01. The Morgan fingerprint density at radius 3 is 2.70 bits per heavy atom.